The predicted octanol–water partition coefficient (Wildman–Crippen LogP) is 1.31. The van der Waals surface area contributed by atoms with Crippen LogP contribution in [0.5, 0.6) is 0 Å². The molecule has 7 nitrogen and oxygen atoms in total. The standard InChI is InChI=1S/C11H11NO6/c1-2-9(13)7-5-6(10(14)11(15)16)3-4-8(7)12(17)18/h3-5,10,14H,2H2,1H3,(H,15,16). The van der Waals surface area contributed by atoms with Gasteiger partial charge in [0.25, 0.3) is 5.69 Å². The van der Waals surface area contributed by atoms with E-state index in [4.69, 9.17) is 5.11 Å². The van der Waals surface area contributed by atoms with Crippen LogP contribution in [0.4, 0.5) is 5.69 Å². The number of carboxylic acids is 1. The van der Waals surface area contributed by atoms with Gasteiger partial charge in [-0.1, -0.05) is 6.92 Å². The number of nitrogens with zero attached hydrogens (tertiary/aromatic N) is 1. The molecular formula is C11H11NO6. The molecule has 0 bridgehead atoms. The number of aliphatic hydroxyl groups excluding tert-OH is 1. The topological polar surface area (TPSA) is 118 Å². The van der Waals surface area contributed by atoms with E-state index >= 15 is 0 Å². The van der Waals surface area contributed by atoms with E-state index in [-0.39, 0.29) is 17.5 Å². The quantitative estimate of drug-likeness (QED) is 0.464. The first-order valence-electron chi connectivity index (χ1n) is 5.10. The Kier molecular flexibility index (Phi) is 4.11. The van der Waals surface area contributed by atoms with E-state index in [1.807, 2.05) is 0 Å². The summed E-state index contributed by atoms with van der Waals surface area (Å²) in [6.07, 6.45) is -1.76. The van der Waals surface area contributed by atoms with Crippen LogP contribution in [-0.2, 0) is 4.79 Å². The highest BCUT2D eigenvalue weighted by molar-refractivity contribution is 6.00. The van der Waals surface area contributed by atoms with E-state index in [2.05, 4.69) is 0 Å². The largest absolute Gasteiger partial charge is 0.479 e. The number of nitro groups is 1. The summed E-state index contributed by atoms with van der Waals surface area (Å²) in [6, 6.07) is 3.18. The number of aliphatic carboxylic acids is 1. The van der Waals surface area contributed by atoms with Crippen LogP contribution in [0.3, 0.4) is 0 Å². The number of hydrogen-bond acceptors (Lipinski definition) is 5. The van der Waals surface area contributed by atoms with Gasteiger partial charge in [0.2, 0.25) is 0 Å². The minimum absolute atomic E-state index is 0.0491. The molecule has 0 aliphatic carbocycles. The number of carboxylic acid groups (broad SMARTS) is 1. The number of benzene rings is 1. The Labute approximate surface area is 102 Å². The highest BCUT2D eigenvalue weighted by Crippen LogP contribution is 2.24. The molecule has 0 heterocycles. The van der Waals surface area contributed by atoms with Crippen molar-refractivity contribution in [1.82, 2.24) is 0 Å². The molecule has 0 aliphatic heterocycles. The van der Waals surface area contributed by atoms with E-state index < -0.39 is 28.5 Å². The van der Waals surface area contributed by atoms with Crippen LogP contribution in [0.25, 0.3) is 0 Å². The van der Waals surface area contributed by atoms with Crippen molar-refractivity contribution in [3.63, 3.8) is 0 Å². The van der Waals surface area contributed by atoms with Crippen LogP contribution in [0.15, 0.2) is 18.2 Å². The summed E-state index contributed by atoms with van der Waals surface area (Å²) in [5.41, 5.74) is -0.659. The van der Waals surface area contributed by atoms with Gasteiger partial charge in [-0.15, -0.1) is 0 Å². The Hall–Kier alpha value is -2.28. The van der Waals surface area contributed by atoms with Crippen molar-refractivity contribution in [2.45, 2.75) is 19.4 Å². The molecule has 0 amide bonds. The summed E-state index contributed by atoms with van der Waals surface area (Å²) < 4.78 is 0. The van der Waals surface area contributed by atoms with Crippen LogP contribution in [0, 0.1) is 10.1 Å². The Balaban J connectivity index is 3.34. The Bertz CT molecular complexity index is 510. The first-order valence-corrected chi connectivity index (χ1v) is 5.10. The van der Waals surface area contributed by atoms with Gasteiger partial charge >= 0.3 is 5.97 Å². The summed E-state index contributed by atoms with van der Waals surface area (Å²) in [6.45, 7) is 1.53. The summed E-state index contributed by atoms with van der Waals surface area (Å²) >= 11 is 0. The number of hydrogen-bond donors (Lipinski definition) is 2. The van der Waals surface area contributed by atoms with Gasteiger partial charge in [-0.2, -0.15) is 0 Å². The first-order chi connectivity index (χ1) is 8.38. The maximum atomic E-state index is 11.5. The maximum absolute atomic E-state index is 11.5. The lowest BCUT2D eigenvalue weighted by Crippen LogP contribution is -2.12. The molecule has 0 saturated carbocycles. The highest BCUT2D eigenvalue weighted by atomic mass is 16.6. The highest BCUT2D eigenvalue weighted by Gasteiger charge is 2.23. The van der Waals surface area contributed by atoms with Gasteiger partial charge in [-0.3, -0.25) is 14.9 Å². The van der Waals surface area contributed by atoms with E-state index in [0.717, 1.165) is 18.2 Å². The van der Waals surface area contributed by atoms with Gasteiger partial charge in [-0.25, -0.2) is 4.79 Å². The molecule has 1 rings (SSSR count). The van der Waals surface area contributed by atoms with Crippen molar-refractivity contribution >= 4 is 17.4 Å². The molecule has 0 saturated heterocycles. The number of ketones is 1. The lowest BCUT2D eigenvalue weighted by atomic mass is 10.0. The number of Topliss-reactive ketones (excluding diaryl/α,β-unsaturated/α-hetero) is 1. The third kappa shape index (κ3) is 2.69. The van der Waals surface area contributed by atoms with Gasteiger partial charge in [0.1, 0.15) is 0 Å². The zero-order chi connectivity index (χ0) is 13.9. The zero-order valence-electron chi connectivity index (χ0n) is 9.49. The van der Waals surface area contributed by atoms with Crippen molar-refractivity contribution in [3.05, 3.63) is 39.4 Å². The van der Waals surface area contributed by atoms with Crippen LogP contribution in [0.1, 0.15) is 35.4 Å². The normalized spacial score (nSPS) is 11.9. The van der Waals surface area contributed by atoms with Crippen molar-refractivity contribution in [3.8, 4) is 0 Å². The van der Waals surface area contributed by atoms with E-state index in [1.165, 1.54) is 6.92 Å². The molecule has 96 valence electrons. The molecule has 0 aliphatic rings. The molecule has 1 aromatic carbocycles. The summed E-state index contributed by atoms with van der Waals surface area (Å²) in [7, 11) is 0. The molecule has 0 radical (unpaired) electrons. The molecular weight excluding hydrogens is 242 g/mol. The summed E-state index contributed by atoms with van der Waals surface area (Å²) in [5.74, 6) is -1.97. The third-order valence-electron chi connectivity index (χ3n) is 2.39. The van der Waals surface area contributed by atoms with Gasteiger partial charge in [-0.05, 0) is 17.7 Å². The van der Waals surface area contributed by atoms with Gasteiger partial charge in [0.15, 0.2) is 11.9 Å². The summed E-state index contributed by atoms with van der Waals surface area (Å²) in [4.78, 5) is 32.2. The Morgan fingerprint density at radius 1 is 1.44 bits per heavy atom. The lowest BCUT2D eigenvalue weighted by molar-refractivity contribution is -0.385. The van der Waals surface area contributed by atoms with Crippen LogP contribution >= 0.6 is 0 Å². The number of rotatable bonds is 5. The van der Waals surface area contributed by atoms with Gasteiger partial charge < -0.3 is 10.2 Å². The SMILES string of the molecule is CCC(=O)c1cc(C(O)C(=O)O)ccc1[N+](=O)[O-]. The zero-order valence-corrected chi connectivity index (χ0v) is 9.49. The second-order valence-corrected chi connectivity index (χ2v) is 3.55. The summed E-state index contributed by atoms with van der Waals surface area (Å²) in [5, 5.41) is 28.7. The molecule has 0 fully saturated rings. The number of carbonyl (C=O) groups is 2. The monoisotopic (exact) mass is 253 g/mol. The average Bonchev–Trinajstić information content (AvgIpc) is 2.35. The maximum Gasteiger partial charge on any atom is 0.337 e. The smallest absolute Gasteiger partial charge is 0.337 e. The number of aliphatic hydroxyl groups is 1. The molecule has 2 N–H and O–H groups in total. The second-order valence-electron chi connectivity index (χ2n) is 3.55. The fourth-order valence-electron chi connectivity index (χ4n) is 1.44. The van der Waals surface area contributed by atoms with E-state index in [9.17, 15) is 24.8 Å². The fourth-order valence-corrected chi connectivity index (χ4v) is 1.44. The molecule has 0 spiro atoms. The molecule has 7 heteroatoms. The van der Waals surface area contributed by atoms with Crippen LogP contribution in [-0.4, -0.2) is 26.9 Å². The molecule has 1 unspecified atom stereocenters. The average molecular weight is 253 g/mol. The number of nitro benzene ring substituents is 1. The van der Waals surface area contributed by atoms with Gasteiger partial charge in [0, 0.05) is 12.5 Å². The van der Waals surface area contributed by atoms with Crippen LogP contribution in [0.2, 0.25) is 0 Å². The minimum atomic E-state index is -1.81. The predicted molar refractivity (Wildman–Crippen MR) is 60.3 cm³/mol. The van der Waals surface area contributed by atoms with Crippen molar-refractivity contribution < 1.29 is 24.7 Å². The first kappa shape index (κ1) is 13.8. The van der Waals surface area contributed by atoms with Crippen molar-refractivity contribution in [1.29, 1.82) is 0 Å². The number of carbonyl (C=O) groups excluding carboxylic acids is 1. The van der Waals surface area contributed by atoms with Crippen molar-refractivity contribution in [2.24, 2.45) is 0 Å². The molecule has 0 aromatic heterocycles. The van der Waals surface area contributed by atoms with Gasteiger partial charge in [0.05, 0.1) is 10.5 Å². The third-order valence-corrected chi connectivity index (χ3v) is 2.39. The second kappa shape index (κ2) is 5.37. The Morgan fingerprint density at radius 2 is 2.06 bits per heavy atom. The lowest BCUT2D eigenvalue weighted by Gasteiger charge is -2.07. The minimum Gasteiger partial charge on any atom is -0.479 e. The molecule has 1 atom stereocenters. The van der Waals surface area contributed by atoms with E-state index in [1.54, 1.807) is 0 Å². The fraction of sp³-hybridized carbons (Fsp3) is 0.273. The molecule has 1 aromatic rings. The van der Waals surface area contributed by atoms with Crippen molar-refractivity contribution in [2.75, 3.05) is 0 Å². The Morgan fingerprint density at radius 3 is 2.50 bits per heavy atom. The van der Waals surface area contributed by atoms with Crippen LogP contribution < -0.4 is 0 Å². The van der Waals surface area contributed by atoms with E-state index in [0.29, 0.717) is 0 Å². The molecule has 18 heavy (non-hydrogen) atoms.